The van der Waals surface area contributed by atoms with E-state index >= 15 is 0 Å². The molecule has 0 atom stereocenters. The van der Waals surface area contributed by atoms with E-state index in [9.17, 15) is 0 Å². The molecule has 0 amide bonds. The average Bonchev–Trinajstić information content (AvgIpc) is 3.43. The topological polar surface area (TPSA) is 56.5 Å². The molecule has 200 valence electrons. The number of rotatable bonds is 3. The van der Waals surface area contributed by atoms with Gasteiger partial charge in [-0.05, 0) is 17.5 Å². The molecule has 0 saturated carbocycles. The second-order valence-corrected chi connectivity index (χ2v) is 10.7. The highest BCUT2D eigenvalue weighted by Gasteiger charge is 2.21. The monoisotopic (exact) mass is 549 g/mol. The van der Waals surface area contributed by atoms with E-state index in [1.807, 2.05) is 36.4 Å². The second-order valence-electron chi connectivity index (χ2n) is 10.7. The molecule has 5 nitrogen and oxygen atoms in total. The van der Waals surface area contributed by atoms with E-state index in [2.05, 4.69) is 95.6 Å². The highest BCUT2D eigenvalue weighted by molar-refractivity contribution is 6.32. The molecule has 9 rings (SSSR count). The third-order valence-electron chi connectivity index (χ3n) is 8.29. The molecular formula is C38H23N5. The van der Waals surface area contributed by atoms with Crippen molar-refractivity contribution < 1.29 is 0 Å². The van der Waals surface area contributed by atoms with Crippen molar-refractivity contribution in [2.45, 2.75) is 0 Å². The predicted molar refractivity (Wildman–Crippen MR) is 175 cm³/mol. The molecule has 0 spiro atoms. The van der Waals surface area contributed by atoms with Gasteiger partial charge in [0.1, 0.15) is 0 Å². The molecule has 6 aromatic carbocycles. The van der Waals surface area contributed by atoms with Crippen molar-refractivity contribution in [3.8, 4) is 28.5 Å². The van der Waals surface area contributed by atoms with Crippen LogP contribution in [0.3, 0.4) is 0 Å². The zero-order valence-corrected chi connectivity index (χ0v) is 23.0. The maximum atomic E-state index is 5.24. The lowest BCUT2D eigenvalue weighted by atomic mass is 9.97. The van der Waals surface area contributed by atoms with E-state index < -0.39 is 0 Å². The maximum absolute atomic E-state index is 5.24. The standard InChI is InChI=1S/C38H23N5/c1-3-11-24(12-4-1)31-23-32(25-13-5-2-6-14-25)42-38(41-31)43-33-18-10-9-15-26(33)29-19-20-30-34(37(29)43)27-16-7-8-17-28(27)35-36(30)40-22-21-39-35/h1-23H. The van der Waals surface area contributed by atoms with Gasteiger partial charge in [0.25, 0.3) is 0 Å². The van der Waals surface area contributed by atoms with Crippen LogP contribution in [0.1, 0.15) is 0 Å². The fourth-order valence-corrected chi connectivity index (χ4v) is 6.42. The molecular weight excluding hydrogens is 526 g/mol. The van der Waals surface area contributed by atoms with Gasteiger partial charge in [-0.1, -0.05) is 115 Å². The third kappa shape index (κ3) is 3.58. The predicted octanol–water partition coefficient (Wildman–Crippen LogP) is 9.16. The smallest absolute Gasteiger partial charge is 0.235 e. The molecule has 0 aliphatic heterocycles. The Hall–Kier alpha value is -5.94. The number of nitrogens with zero attached hydrogens (tertiary/aromatic N) is 5. The molecule has 5 heteroatoms. The Balaban J connectivity index is 1.49. The molecule has 0 aliphatic rings. The van der Waals surface area contributed by atoms with Crippen LogP contribution in [0.15, 0.2) is 140 Å². The molecule has 3 heterocycles. The van der Waals surface area contributed by atoms with Crippen molar-refractivity contribution in [1.29, 1.82) is 0 Å². The number of para-hydroxylation sites is 1. The van der Waals surface area contributed by atoms with Crippen LogP contribution < -0.4 is 0 Å². The zero-order valence-electron chi connectivity index (χ0n) is 23.0. The first-order chi connectivity index (χ1) is 21.3. The Labute approximate surface area is 246 Å². The van der Waals surface area contributed by atoms with E-state index in [1.54, 1.807) is 12.4 Å². The highest BCUT2D eigenvalue weighted by Crippen LogP contribution is 2.42. The summed E-state index contributed by atoms with van der Waals surface area (Å²) in [6.45, 7) is 0. The number of hydrogen-bond donors (Lipinski definition) is 0. The van der Waals surface area contributed by atoms with Gasteiger partial charge in [0.05, 0.1) is 33.5 Å². The van der Waals surface area contributed by atoms with Crippen LogP contribution >= 0.6 is 0 Å². The Morgan fingerprint density at radius 3 is 1.65 bits per heavy atom. The van der Waals surface area contributed by atoms with Gasteiger partial charge >= 0.3 is 0 Å². The van der Waals surface area contributed by atoms with Crippen LogP contribution in [0.25, 0.3) is 82.8 Å². The molecule has 0 unspecified atom stereocenters. The molecule has 0 fully saturated rings. The molecule has 43 heavy (non-hydrogen) atoms. The molecule has 9 aromatic rings. The Bertz CT molecular complexity index is 2410. The van der Waals surface area contributed by atoms with Gasteiger partial charge in [-0.2, -0.15) is 0 Å². The van der Waals surface area contributed by atoms with Crippen LogP contribution in [0.2, 0.25) is 0 Å². The van der Waals surface area contributed by atoms with Gasteiger partial charge in [0.2, 0.25) is 5.95 Å². The quantitative estimate of drug-likeness (QED) is 0.206. The fourth-order valence-electron chi connectivity index (χ4n) is 6.42. The van der Waals surface area contributed by atoms with Crippen LogP contribution in [-0.2, 0) is 0 Å². The summed E-state index contributed by atoms with van der Waals surface area (Å²) in [7, 11) is 0. The van der Waals surface area contributed by atoms with E-state index in [0.717, 1.165) is 76.9 Å². The summed E-state index contributed by atoms with van der Waals surface area (Å²) in [4.78, 5) is 20.1. The summed E-state index contributed by atoms with van der Waals surface area (Å²) in [5, 5.41) is 6.67. The molecule has 0 N–H and O–H groups in total. The van der Waals surface area contributed by atoms with Crippen molar-refractivity contribution in [3.05, 3.63) is 140 Å². The van der Waals surface area contributed by atoms with Gasteiger partial charge < -0.3 is 0 Å². The van der Waals surface area contributed by atoms with E-state index in [-0.39, 0.29) is 0 Å². The van der Waals surface area contributed by atoms with Gasteiger partial charge in [-0.15, -0.1) is 0 Å². The molecule has 0 aliphatic carbocycles. The maximum Gasteiger partial charge on any atom is 0.235 e. The summed E-state index contributed by atoms with van der Waals surface area (Å²) >= 11 is 0. The van der Waals surface area contributed by atoms with Crippen LogP contribution in [0.5, 0.6) is 0 Å². The molecule has 0 saturated heterocycles. The van der Waals surface area contributed by atoms with Gasteiger partial charge in [0.15, 0.2) is 0 Å². The average molecular weight is 550 g/mol. The van der Waals surface area contributed by atoms with Crippen molar-refractivity contribution in [1.82, 2.24) is 24.5 Å². The molecule has 0 bridgehead atoms. The molecule has 3 aromatic heterocycles. The summed E-state index contributed by atoms with van der Waals surface area (Å²) in [5.41, 5.74) is 7.74. The minimum Gasteiger partial charge on any atom is -0.277 e. The van der Waals surface area contributed by atoms with E-state index in [4.69, 9.17) is 19.9 Å². The Kier molecular flexibility index (Phi) is 5.13. The number of aromatic nitrogens is 5. The lowest BCUT2D eigenvalue weighted by Gasteiger charge is -2.14. The first-order valence-electron chi connectivity index (χ1n) is 14.3. The van der Waals surface area contributed by atoms with Gasteiger partial charge in [-0.3, -0.25) is 14.5 Å². The van der Waals surface area contributed by atoms with E-state index in [1.165, 1.54) is 0 Å². The van der Waals surface area contributed by atoms with Crippen LogP contribution in [0, 0.1) is 0 Å². The minimum absolute atomic E-state index is 0.627. The van der Waals surface area contributed by atoms with E-state index in [0.29, 0.717) is 5.95 Å². The van der Waals surface area contributed by atoms with Crippen molar-refractivity contribution in [3.63, 3.8) is 0 Å². The minimum atomic E-state index is 0.627. The summed E-state index contributed by atoms with van der Waals surface area (Å²) in [6, 6.07) is 44.1. The largest absolute Gasteiger partial charge is 0.277 e. The first-order valence-corrected chi connectivity index (χ1v) is 14.3. The first kappa shape index (κ1) is 23.7. The number of hydrogen-bond acceptors (Lipinski definition) is 4. The lowest BCUT2D eigenvalue weighted by Crippen LogP contribution is -2.04. The second kappa shape index (κ2) is 9.29. The zero-order chi connectivity index (χ0) is 28.3. The Morgan fingerprint density at radius 1 is 0.442 bits per heavy atom. The highest BCUT2D eigenvalue weighted by atomic mass is 15.2. The van der Waals surface area contributed by atoms with Crippen molar-refractivity contribution in [2.24, 2.45) is 0 Å². The Morgan fingerprint density at radius 2 is 0.977 bits per heavy atom. The van der Waals surface area contributed by atoms with Crippen molar-refractivity contribution >= 4 is 54.4 Å². The fraction of sp³-hybridized carbons (Fsp3) is 0. The SMILES string of the molecule is c1ccc(-c2cc(-c3ccccc3)nc(-n3c4ccccc4c4ccc5c6nccnc6c6ccccc6c5c43)n2)cc1. The number of fused-ring (bicyclic) bond motifs is 10. The van der Waals surface area contributed by atoms with Crippen LogP contribution in [-0.4, -0.2) is 24.5 Å². The number of benzene rings is 6. The summed E-state index contributed by atoms with van der Waals surface area (Å²) < 4.78 is 2.24. The molecule has 0 radical (unpaired) electrons. The summed E-state index contributed by atoms with van der Waals surface area (Å²) in [5.74, 6) is 0.627. The third-order valence-corrected chi connectivity index (χ3v) is 8.29. The van der Waals surface area contributed by atoms with Crippen molar-refractivity contribution in [2.75, 3.05) is 0 Å². The van der Waals surface area contributed by atoms with Crippen LogP contribution in [0.4, 0.5) is 0 Å². The lowest BCUT2D eigenvalue weighted by molar-refractivity contribution is 0.998. The summed E-state index contributed by atoms with van der Waals surface area (Å²) in [6.07, 6.45) is 3.54. The van der Waals surface area contributed by atoms with Gasteiger partial charge in [-0.25, -0.2) is 9.97 Å². The normalized spacial score (nSPS) is 11.7. The van der Waals surface area contributed by atoms with Gasteiger partial charge in [0, 0.05) is 50.5 Å².